The first-order chi connectivity index (χ1) is 6.03. The molecule has 0 aliphatic carbocycles. The summed E-state index contributed by atoms with van der Waals surface area (Å²) in [6.45, 7) is 10.4. The molecule has 13 heavy (non-hydrogen) atoms. The van der Waals surface area contributed by atoms with E-state index in [-0.39, 0.29) is 0 Å². The average molecular weight is 204 g/mol. The van der Waals surface area contributed by atoms with Gasteiger partial charge in [-0.2, -0.15) is 0 Å². The summed E-state index contributed by atoms with van der Waals surface area (Å²) in [5, 5.41) is 0.362. The van der Waals surface area contributed by atoms with Crippen LogP contribution >= 0.6 is 11.6 Å². The Morgan fingerprint density at radius 3 is 2.69 bits per heavy atom. The fourth-order valence-electron chi connectivity index (χ4n) is 2.23. The van der Waals surface area contributed by atoms with Gasteiger partial charge in [-0.25, -0.2) is 0 Å². The van der Waals surface area contributed by atoms with Gasteiger partial charge in [0, 0.05) is 18.5 Å². The van der Waals surface area contributed by atoms with E-state index < -0.39 is 0 Å². The fraction of sp³-hybridized carbons (Fsp3) is 1.00. The summed E-state index contributed by atoms with van der Waals surface area (Å²) < 4.78 is 0. The monoisotopic (exact) mass is 203 g/mol. The van der Waals surface area contributed by atoms with Crippen LogP contribution in [0.3, 0.4) is 0 Å². The van der Waals surface area contributed by atoms with E-state index in [1.165, 1.54) is 25.9 Å². The zero-order valence-electron chi connectivity index (χ0n) is 9.15. The highest BCUT2D eigenvalue weighted by atomic mass is 35.5. The number of unbranched alkanes of at least 4 members (excludes halogenated alkanes) is 1. The van der Waals surface area contributed by atoms with Crippen molar-refractivity contribution in [2.45, 2.75) is 45.4 Å². The highest BCUT2D eigenvalue weighted by Gasteiger charge is 2.30. The molecule has 1 nitrogen and oxygen atoms in total. The summed E-state index contributed by atoms with van der Waals surface area (Å²) in [5.74, 6) is 0. The minimum Gasteiger partial charge on any atom is -0.301 e. The Hall–Kier alpha value is 0.250. The molecule has 0 amide bonds. The van der Waals surface area contributed by atoms with Gasteiger partial charge in [0.2, 0.25) is 0 Å². The molecule has 1 aliphatic heterocycles. The van der Waals surface area contributed by atoms with Crippen LogP contribution in [0.15, 0.2) is 0 Å². The lowest BCUT2D eigenvalue weighted by Crippen LogP contribution is -2.45. The molecular formula is C11H22ClN. The molecule has 0 spiro atoms. The quantitative estimate of drug-likeness (QED) is 0.638. The number of nitrogens with zero attached hydrogens (tertiary/aromatic N) is 1. The number of hydrogen-bond donors (Lipinski definition) is 0. The predicted molar refractivity (Wildman–Crippen MR) is 59.4 cm³/mol. The van der Waals surface area contributed by atoms with Crippen molar-refractivity contribution in [2.75, 3.05) is 19.6 Å². The van der Waals surface area contributed by atoms with Crippen LogP contribution < -0.4 is 0 Å². The highest BCUT2D eigenvalue weighted by Crippen LogP contribution is 2.31. The van der Waals surface area contributed by atoms with E-state index in [1.807, 2.05) is 0 Å². The van der Waals surface area contributed by atoms with Crippen molar-refractivity contribution in [2.24, 2.45) is 5.41 Å². The smallest absolute Gasteiger partial charge is 0.0468 e. The van der Waals surface area contributed by atoms with Crippen LogP contribution in [-0.2, 0) is 0 Å². The molecule has 1 heterocycles. The van der Waals surface area contributed by atoms with Crippen molar-refractivity contribution in [3.05, 3.63) is 0 Å². The van der Waals surface area contributed by atoms with Crippen LogP contribution in [0.1, 0.15) is 40.0 Å². The normalized spacial score (nSPS) is 29.1. The number of rotatable bonds is 3. The molecule has 0 aromatic rings. The molecule has 1 rings (SSSR count). The summed E-state index contributed by atoms with van der Waals surface area (Å²) in [5.41, 5.74) is 0.415. The van der Waals surface area contributed by atoms with Crippen molar-refractivity contribution in [3.63, 3.8) is 0 Å². The molecule has 1 saturated heterocycles. The molecule has 1 unspecified atom stereocenters. The molecule has 0 aromatic carbocycles. The van der Waals surface area contributed by atoms with Crippen molar-refractivity contribution in [3.8, 4) is 0 Å². The largest absolute Gasteiger partial charge is 0.301 e. The standard InChI is InChI=1S/C11H22ClN/c1-4-5-6-13-8-10(12)7-11(2,3)9-13/h10H,4-9H2,1-3H3. The number of hydrogen-bond acceptors (Lipinski definition) is 1. The van der Waals surface area contributed by atoms with E-state index in [0.29, 0.717) is 10.8 Å². The van der Waals surface area contributed by atoms with Crippen LogP contribution in [-0.4, -0.2) is 29.9 Å². The summed E-state index contributed by atoms with van der Waals surface area (Å²) in [7, 11) is 0. The predicted octanol–water partition coefficient (Wildman–Crippen LogP) is 3.13. The lowest BCUT2D eigenvalue weighted by atomic mass is 9.84. The van der Waals surface area contributed by atoms with Crippen molar-refractivity contribution in [1.29, 1.82) is 0 Å². The van der Waals surface area contributed by atoms with Gasteiger partial charge in [-0.15, -0.1) is 11.6 Å². The van der Waals surface area contributed by atoms with Gasteiger partial charge in [0.25, 0.3) is 0 Å². The molecular weight excluding hydrogens is 182 g/mol. The molecule has 0 aromatic heterocycles. The van der Waals surface area contributed by atoms with Crippen molar-refractivity contribution >= 4 is 11.6 Å². The topological polar surface area (TPSA) is 3.24 Å². The third kappa shape index (κ3) is 3.86. The van der Waals surface area contributed by atoms with Crippen LogP contribution in [0.4, 0.5) is 0 Å². The Morgan fingerprint density at radius 1 is 1.46 bits per heavy atom. The second kappa shape index (κ2) is 4.65. The van der Waals surface area contributed by atoms with Gasteiger partial charge in [0.1, 0.15) is 0 Å². The number of piperidine rings is 1. The van der Waals surface area contributed by atoms with Crippen LogP contribution in [0.2, 0.25) is 0 Å². The van der Waals surface area contributed by atoms with E-state index in [0.717, 1.165) is 13.0 Å². The van der Waals surface area contributed by atoms with Gasteiger partial charge in [0.05, 0.1) is 0 Å². The lowest BCUT2D eigenvalue weighted by molar-refractivity contribution is 0.119. The highest BCUT2D eigenvalue weighted by molar-refractivity contribution is 6.20. The summed E-state index contributed by atoms with van der Waals surface area (Å²) >= 11 is 6.23. The minimum atomic E-state index is 0.362. The molecule has 1 fully saturated rings. The second-order valence-electron chi connectivity index (χ2n) is 5.05. The minimum absolute atomic E-state index is 0.362. The number of likely N-dealkylation sites (tertiary alicyclic amines) is 1. The van der Waals surface area contributed by atoms with Gasteiger partial charge in [-0.05, 0) is 24.8 Å². The zero-order chi connectivity index (χ0) is 9.90. The second-order valence-corrected chi connectivity index (χ2v) is 5.67. The Morgan fingerprint density at radius 2 is 2.15 bits per heavy atom. The Balaban J connectivity index is 2.38. The fourth-order valence-corrected chi connectivity index (χ4v) is 2.84. The summed E-state index contributed by atoms with van der Waals surface area (Å²) in [6, 6.07) is 0. The van der Waals surface area contributed by atoms with Crippen molar-refractivity contribution < 1.29 is 0 Å². The molecule has 0 bridgehead atoms. The third-order valence-corrected chi connectivity index (χ3v) is 3.00. The SMILES string of the molecule is CCCCN1CC(Cl)CC(C)(C)C1. The van der Waals surface area contributed by atoms with E-state index in [9.17, 15) is 0 Å². The molecule has 78 valence electrons. The number of alkyl halides is 1. The molecule has 1 atom stereocenters. The van der Waals surface area contributed by atoms with E-state index in [4.69, 9.17) is 11.6 Å². The third-order valence-electron chi connectivity index (χ3n) is 2.71. The average Bonchev–Trinajstić information content (AvgIpc) is 1.97. The van der Waals surface area contributed by atoms with E-state index in [2.05, 4.69) is 25.7 Å². The van der Waals surface area contributed by atoms with E-state index in [1.54, 1.807) is 0 Å². The van der Waals surface area contributed by atoms with Gasteiger partial charge < -0.3 is 4.90 Å². The van der Waals surface area contributed by atoms with Gasteiger partial charge in [0.15, 0.2) is 0 Å². The summed E-state index contributed by atoms with van der Waals surface area (Å²) in [6.07, 6.45) is 3.75. The maximum Gasteiger partial charge on any atom is 0.0468 e. The van der Waals surface area contributed by atoms with Crippen LogP contribution in [0.5, 0.6) is 0 Å². The van der Waals surface area contributed by atoms with E-state index >= 15 is 0 Å². The maximum absolute atomic E-state index is 6.23. The summed E-state index contributed by atoms with van der Waals surface area (Å²) in [4.78, 5) is 2.52. The van der Waals surface area contributed by atoms with Crippen molar-refractivity contribution in [1.82, 2.24) is 4.90 Å². The first-order valence-corrected chi connectivity index (χ1v) is 5.83. The Bertz CT molecular complexity index is 156. The van der Waals surface area contributed by atoms with Crippen LogP contribution in [0.25, 0.3) is 0 Å². The zero-order valence-corrected chi connectivity index (χ0v) is 9.90. The maximum atomic E-state index is 6.23. The van der Waals surface area contributed by atoms with Gasteiger partial charge in [-0.1, -0.05) is 27.2 Å². The molecule has 2 heteroatoms. The molecule has 0 N–H and O–H groups in total. The number of halogens is 1. The van der Waals surface area contributed by atoms with Gasteiger partial charge in [-0.3, -0.25) is 0 Å². The lowest BCUT2D eigenvalue weighted by Gasteiger charge is -2.40. The van der Waals surface area contributed by atoms with Gasteiger partial charge >= 0.3 is 0 Å². The molecule has 0 radical (unpaired) electrons. The molecule has 0 saturated carbocycles. The Kier molecular flexibility index (Phi) is 4.06. The molecule has 1 aliphatic rings. The first-order valence-electron chi connectivity index (χ1n) is 5.40. The Labute approximate surface area is 87.4 Å². The van der Waals surface area contributed by atoms with Crippen LogP contribution in [0, 0.1) is 5.41 Å². The first kappa shape index (κ1) is 11.3.